The van der Waals surface area contributed by atoms with Gasteiger partial charge in [-0.2, -0.15) is 0 Å². The molecule has 0 saturated carbocycles. The number of nitrogens with zero attached hydrogens (tertiary/aromatic N) is 1. The number of nitrogens with one attached hydrogen (secondary N) is 1. The van der Waals surface area contributed by atoms with Crippen molar-refractivity contribution in [3.8, 4) is 0 Å². The molecule has 140 valence electrons. The molecule has 0 fully saturated rings. The molecule has 0 spiro atoms. The van der Waals surface area contributed by atoms with E-state index in [2.05, 4.69) is 5.32 Å². The number of amides is 2. The van der Waals surface area contributed by atoms with Gasteiger partial charge in [-0.15, -0.1) is 0 Å². The number of carbonyl (C=O) groups excluding carboxylic acids is 3. The van der Waals surface area contributed by atoms with E-state index in [0.29, 0.717) is 5.69 Å². The van der Waals surface area contributed by atoms with Crippen molar-refractivity contribution in [1.82, 2.24) is 0 Å². The van der Waals surface area contributed by atoms with Gasteiger partial charge in [-0.05, 0) is 43.3 Å². The van der Waals surface area contributed by atoms with Crippen molar-refractivity contribution in [3.05, 3.63) is 68.7 Å². The summed E-state index contributed by atoms with van der Waals surface area (Å²) in [7, 11) is 0. The molecule has 3 N–H and O–H groups in total. The minimum atomic E-state index is -1.24. The fraction of sp³-hybridized carbons (Fsp3) is 0.118. The lowest BCUT2D eigenvalue weighted by Gasteiger charge is -2.14. The van der Waals surface area contributed by atoms with Gasteiger partial charge in [0.05, 0.1) is 4.92 Å². The summed E-state index contributed by atoms with van der Waals surface area (Å²) in [6.07, 6.45) is -1.24. The number of carbonyl (C=O) groups is 3. The van der Waals surface area contributed by atoms with Crippen LogP contribution in [0.1, 0.15) is 27.6 Å². The van der Waals surface area contributed by atoms with Gasteiger partial charge in [0.25, 0.3) is 11.6 Å². The van der Waals surface area contributed by atoms with Crippen molar-refractivity contribution in [3.63, 3.8) is 0 Å². The van der Waals surface area contributed by atoms with Crippen LogP contribution in [-0.4, -0.2) is 28.8 Å². The largest absolute Gasteiger partial charge is 0.449 e. The summed E-state index contributed by atoms with van der Waals surface area (Å²) in [4.78, 5) is 45.6. The van der Waals surface area contributed by atoms with Crippen LogP contribution in [0.4, 0.5) is 11.4 Å². The Hall–Kier alpha value is -3.46. The number of halogens is 1. The maximum atomic E-state index is 12.2. The number of esters is 1. The monoisotopic (exact) mass is 391 g/mol. The molecule has 2 rings (SSSR count). The van der Waals surface area contributed by atoms with E-state index in [1.807, 2.05) is 0 Å². The first kappa shape index (κ1) is 19.9. The summed E-state index contributed by atoms with van der Waals surface area (Å²) in [5.41, 5.74) is 4.89. The lowest BCUT2D eigenvalue weighted by molar-refractivity contribution is -0.385. The predicted octanol–water partition coefficient (Wildman–Crippen LogP) is 2.53. The first-order valence-electron chi connectivity index (χ1n) is 7.54. The molecule has 0 aliphatic heterocycles. The molecule has 0 radical (unpaired) electrons. The van der Waals surface area contributed by atoms with Crippen molar-refractivity contribution in [1.29, 1.82) is 0 Å². The van der Waals surface area contributed by atoms with Gasteiger partial charge < -0.3 is 15.8 Å². The molecule has 2 aromatic rings. The van der Waals surface area contributed by atoms with Crippen molar-refractivity contribution in [2.24, 2.45) is 5.73 Å². The lowest BCUT2D eigenvalue weighted by Crippen LogP contribution is -2.30. The minimum absolute atomic E-state index is 0.110. The molecule has 0 unspecified atom stereocenters. The van der Waals surface area contributed by atoms with E-state index in [1.54, 1.807) is 0 Å². The Morgan fingerprint density at radius 1 is 1.19 bits per heavy atom. The number of rotatable bonds is 6. The van der Waals surface area contributed by atoms with Crippen LogP contribution < -0.4 is 11.1 Å². The Bertz CT molecular complexity index is 913. The van der Waals surface area contributed by atoms with Gasteiger partial charge in [-0.1, -0.05) is 11.6 Å². The molecule has 0 aromatic heterocycles. The maximum absolute atomic E-state index is 12.2. The molecule has 0 aliphatic rings. The van der Waals surface area contributed by atoms with Crippen LogP contribution in [-0.2, 0) is 9.53 Å². The molecule has 0 saturated heterocycles. The zero-order valence-electron chi connectivity index (χ0n) is 14.0. The van der Waals surface area contributed by atoms with Crippen molar-refractivity contribution in [2.45, 2.75) is 13.0 Å². The second-order valence-electron chi connectivity index (χ2n) is 5.40. The maximum Gasteiger partial charge on any atom is 0.345 e. The number of nitro benzene ring substituents is 1. The van der Waals surface area contributed by atoms with Gasteiger partial charge in [-0.25, -0.2) is 4.79 Å². The van der Waals surface area contributed by atoms with Crippen LogP contribution in [0.5, 0.6) is 0 Å². The third kappa shape index (κ3) is 5.02. The molecular formula is C17H14ClN3O6. The van der Waals surface area contributed by atoms with Crippen LogP contribution in [0.3, 0.4) is 0 Å². The molecule has 1 atom stereocenters. The highest BCUT2D eigenvalue weighted by atomic mass is 35.5. The van der Waals surface area contributed by atoms with Crippen LogP contribution in [0.2, 0.25) is 5.02 Å². The molecule has 27 heavy (non-hydrogen) atoms. The second-order valence-corrected chi connectivity index (χ2v) is 5.83. The van der Waals surface area contributed by atoms with Crippen molar-refractivity contribution in [2.75, 3.05) is 5.32 Å². The zero-order valence-corrected chi connectivity index (χ0v) is 14.7. The molecule has 9 nitrogen and oxygen atoms in total. The number of primary amides is 1. The molecule has 0 bridgehead atoms. The second kappa shape index (κ2) is 8.28. The topological polar surface area (TPSA) is 142 Å². The summed E-state index contributed by atoms with van der Waals surface area (Å²) in [6.45, 7) is 1.31. The van der Waals surface area contributed by atoms with Crippen LogP contribution in [0, 0.1) is 10.1 Å². The number of ether oxygens (including phenoxy) is 1. The number of nitrogens with two attached hydrogens (primary N) is 1. The highest BCUT2D eigenvalue weighted by molar-refractivity contribution is 6.31. The SMILES string of the molecule is C[C@H](OC(=O)c1cc(Cl)ccc1[N+](=O)[O-])C(=O)Nc1ccc(C(N)=O)cc1. The smallest absolute Gasteiger partial charge is 0.345 e. The standard InChI is InChI=1S/C17H14ClN3O6/c1-9(16(23)20-12-5-2-10(3-6-12)15(19)22)27-17(24)13-8-11(18)4-7-14(13)21(25)26/h2-9H,1H3,(H2,19,22)(H,20,23)/t9-/m0/s1. The van der Waals surface area contributed by atoms with E-state index in [0.717, 1.165) is 12.1 Å². The first-order valence-corrected chi connectivity index (χ1v) is 7.92. The number of hydrogen-bond acceptors (Lipinski definition) is 6. The Morgan fingerprint density at radius 3 is 2.37 bits per heavy atom. The Balaban J connectivity index is 2.08. The summed E-state index contributed by atoms with van der Waals surface area (Å²) in [6, 6.07) is 9.18. The highest BCUT2D eigenvalue weighted by Crippen LogP contribution is 2.24. The number of benzene rings is 2. The van der Waals surface area contributed by atoms with Gasteiger partial charge in [0.2, 0.25) is 5.91 Å². The summed E-state index contributed by atoms with van der Waals surface area (Å²) in [5.74, 6) is -2.34. The third-order valence-electron chi connectivity index (χ3n) is 3.47. The Kier molecular flexibility index (Phi) is 6.09. The van der Waals surface area contributed by atoms with Crippen LogP contribution in [0.25, 0.3) is 0 Å². The van der Waals surface area contributed by atoms with Gasteiger partial charge in [-0.3, -0.25) is 19.7 Å². The lowest BCUT2D eigenvalue weighted by atomic mass is 10.2. The molecule has 0 heterocycles. The fourth-order valence-corrected chi connectivity index (χ4v) is 2.24. The minimum Gasteiger partial charge on any atom is -0.449 e. The Morgan fingerprint density at radius 2 is 1.81 bits per heavy atom. The van der Waals surface area contributed by atoms with E-state index < -0.39 is 34.5 Å². The van der Waals surface area contributed by atoms with E-state index in [-0.39, 0.29) is 16.1 Å². The van der Waals surface area contributed by atoms with Gasteiger partial charge in [0.15, 0.2) is 6.10 Å². The van der Waals surface area contributed by atoms with Crippen molar-refractivity contribution < 1.29 is 24.0 Å². The molecule has 2 aromatic carbocycles. The van der Waals surface area contributed by atoms with E-state index >= 15 is 0 Å². The van der Waals surface area contributed by atoms with Gasteiger partial charge in [0, 0.05) is 22.3 Å². The Labute approximate surface area is 158 Å². The van der Waals surface area contributed by atoms with Crippen LogP contribution >= 0.6 is 11.6 Å². The summed E-state index contributed by atoms with van der Waals surface area (Å²) < 4.78 is 4.99. The van der Waals surface area contributed by atoms with E-state index in [4.69, 9.17) is 22.1 Å². The first-order chi connectivity index (χ1) is 12.7. The number of hydrogen-bond donors (Lipinski definition) is 2. The van der Waals surface area contributed by atoms with Crippen molar-refractivity contribution >= 4 is 40.8 Å². The third-order valence-corrected chi connectivity index (χ3v) is 3.70. The quantitative estimate of drug-likeness (QED) is 0.440. The summed E-state index contributed by atoms with van der Waals surface area (Å²) >= 11 is 5.76. The number of anilines is 1. The normalized spacial score (nSPS) is 11.3. The molecular weight excluding hydrogens is 378 g/mol. The average Bonchev–Trinajstić information content (AvgIpc) is 2.61. The van der Waals surface area contributed by atoms with Crippen LogP contribution in [0.15, 0.2) is 42.5 Å². The van der Waals surface area contributed by atoms with E-state index in [9.17, 15) is 24.5 Å². The fourth-order valence-electron chi connectivity index (χ4n) is 2.07. The summed E-state index contributed by atoms with van der Waals surface area (Å²) in [5, 5.41) is 13.6. The molecule has 10 heteroatoms. The zero-order chi connectivity index (χ0) is 20.1. The average molecular weight is 392 g/mol. The van der Waals surface area contributed by atoms with Gasteiger partial charge >= 0.3 is 5.97 Å². The highest BCUT2D eigenvalue weighted by Gasteiger charge is 2.25. The molecule has 0 aliphatic carbocycles. The predicted molar refractivity (Wildman–Crippen MR) is 96.6 cm³/mol. The van der Waals surface area contributed by atoms with Gasteiger partial charge in [0.1, 0.15) is 5.56 Å². The number of nitro groups is 1. The van der Waals surface area contributed by atoms with E-state index in [1.165, 1.54) is 37.3 Å². The molecule has 2 amide bonds.